The normalized spacial score (nSPS) is 18.3. The number of benzene rings is 1. The van der Waals surface area contributed by atoms with E-state index in [2.05, 4.69) is 0 Å². The first-order valence-electron chi connectivity index (χ1n) is 4.38. The van der Waals surface area contributed by atoms with E-state index in [1.165, 1.54) is 0 Å². The number of halogens is 4. The Morgan fingerprint density at radius 3 is 2.21 bits per heavy atom. The summed E-state index contributed by atoms with van der Waals surface area (Å²) in [6.45, 7) is 0. The molecule has 1 aromatic rings. The van der Waals surface area contributed by atoms with Gasteiger partial charge in [0.25, 0.3) is 0 Å². The average Bonchev–Trinajstić information content (AvgIpc) is 2.93. The van der Waals surface area contributed by atoms with Crippen molar-refractivity contribution in [3.05, 3.63) is 35.1 Å². The van der Waals surface area contributed by atoms with Crippen molar-refractivity contribution in [2.24, 2.45) is 5.92 Å². The van der Waals surface area contributed by atoms with Crippen LogP contribution in [-0.2, 0) is 0 Å². The van der Waals surface area contributed by atoms with Gasteiger partial charge in [0.05, 0.1) is 5.38 Å². The van der Waals surface area contributed by atoms with E-state index < -0.39 is 22.8 Å². The molecule has 1 fully saturated rings. The van der Waals surface area contributed by atoms with E-state index in [0.717, 1.165) is 18.9 Å². The molecule has 0 aromatic heterocycles. The van der Waals surface area contributed by atoms with Gasteiger partial charge >= 0.3 is 0 Å². The summed E-state index contributed by atoms with van der Waals surface area (Å²) in [5.41, 5.74) is 0.0630. The molecule has 1 saturated carbocycles. The molecule has 0 amide bonds. The van der Waals surface area contributed by atoms with Crippen molar-refractivity contribution in [2.45, 2.75) is 18.2 Å². The van der Waals surface area contributed by atoms with Crippen LogP contribution in [0.1, 0.15) is 23.8 Å². The second-order valence-electron chi connectivity index (χ2n) is 3.53. The molecule has 0 radical (unpaired) electrons. The molecule has 0 nitrogen and oxygen atoms in total. The minimum atomic E-state index is -1.18. The molecular weight excluding hydrogens is 213 g/mol. The van der Waals surface area contributed by atoms with Gasteiger partial charge in [-0.05, 0) is 24.8 Å². The van der Waals surface area contributed by atoms with Crippen molar-refractivity contribution in [1.82, 2.24) is 0 Å². The lowest BCUT2D eigenvalue weighted by Gasteiger charge is -2.09. The maximum absolute atomic E-state index is 13.2. The topological polar surface area (TPSA) is 0 Å². The predicted molar refractivity (Wildman–Crippen MR) is 47.6 cm³/mol. The van der Waals surface area contributed by atoms with Crippen LogP contribution in [-0.4, -0.2) is 0 Å². The van der Waals surface area contributed by atoms with Crippen LogP contribution in [0.5, 0.6) is 0 Å². The first-order valence-corrected chi connectivity index (χ1v) is 4.81. The Labute approximate surface area is 84.7 Å². The van der Waals surface area contributed by atoms with Crippen LogP contribution in [0.2, 0.25) is 0 Å². The highest BCUT2D eigenvalue weighted by Gasteiger charge is 2.32. The largest absolute Gasteiger partial charge is 0.207 e. The molecule has 1 atom stereocenters. The van der Waals surface area contributed by atoms with Gasteiger partial charge in [-0.15, -0.1) is 11.6 Å². The predicted octanol–water partition coefficient (Wildman–Crippen LogP) is 3.79. The Kier molecular flexibility index (Phi) is 2.43. The Bertz CT molecular complexity index is 361. The van der Waals surface area contributed by atoms with E-state index in [1.807, 2.05) is 0 Å². The summed E-state index contributed by atoms with van der Waals surface area (Å²) in [4.78, 5) is 0. The highest BCUT2D eigenvalue weighted by Crippen LogP contribution is 2.45. The highest BCUT2D eigenvalue weighted by molar-refractivity contribution is 6.21. The third-order valence-electron chi connectivity index (χ3n) is 2.37. The summed E-state index contributed by atoms with van der Waals surface area (Å²) in [6, 6.07) is 1.39. The molecule has 76 valence electrons. The van der Waals surface area contributed by atoms with E-state index in [-0.39, 0.29) is 11.5 Å². The van der Waals surface area contributed by atoms with Gasteiger partial charge in [-0.3, -0.25) is 0 Å². The molecular formula is C10H8ClF3. The highest BCUT2D eigenvalue weighted by atomic mass is 35.5. The number of hydrogen-bond acceptors (Lipinski definition) is 0. The standard InChI is InChI=1S/C10H8ClF3/c11-10(5-1-2-5)6-3-8(13)9(14)4-7(6)12/h3-5,10H,1-2H2. The third kappa shape index (κ3) is 1.73. The van der Waals surface area contributed by atoms with Crippen molar-refractivity contribution in [2.75, 3.05) is 0 Å². The molecule has 1 aliphatic rings. The van der Waals surface area contributed by atoms with Crippen molar-refractivity contribution in [3.63, 3.8) is 0 Å². The van der Waals surface area contributed by atoms with Gasteiger partial charge in [0.1, 0.15) is 5.82 Å². The first-order chi connectivity index (χ1) is 6.59. The zero-order valence-electron chi connectivity index (χ0n) is 7.24. The van der Waals surface area contributed by atoms with Crippen LogP contribution in [0, 0.1) is 23.4 Å². The Morgan fingerprint density at radius 2 is 1.64 bits per heavy atom. The molecule has 0 aliphatic heterocycles. The van der Waals surface area contributed by atoms with E-state index in [1.54, 1.807) is 0 Å². The molecule has 0 bridgehead atoms. The molecule has 0 N–H and O–H groups in total. The minimum Gasteiger partial charge on any atom is -0.207 e. The molecule has 0 heterocycles. The second kappa shape index (κ2) is 3.46. The van der Waals surface area contributed by atoms with Gasteiger partial charge in [0.2, 0.25) is 0 Å². The summed E-state index contributed by atoms with van der Waals surface area (Å²) in [7, 11) is 0. The van der Waals surface area contributed by atoms with Gasteiger partial charge in [-0.25, -0.2) is 13.2 Å². The molecule has 1 aromatic carbocycles. The van der Waals surface area contributed by atoms with Crippen LogP contribution in [0.4, 0.5) is 13.2 Å². The third-order valence-corrected chi connectivity index (χ3v) is 2.96. The Balaban J connectivity index is 2.36. The summed E-state index contributed by atoms with van der Waals surface area (Å²) in [6.07, 6.45) is 1.85. The molecule has 0 spiro atoms. The summed E-state index contributed by atoms with van der Waals surface area (Å²) in [5, 5.41) is -0.537. The summed E-state index contributed by atoms with van der Waals surface area (Å²) >= 11 is 5.90. The fraction of sp³-hybridized carbons (Fsp3) is 0.400. The van der Waals surface area contributed by atoms with Gasteiger partial charge in [-0.2, -0.15) is 0 Å². The molecule has 14 heavy (non-hydrogen) atoms. The Hall–Kier alpha value is -0.700. The lowest BCUT2D eigenvalue weighted by Crippen LogP contribution is -2.00. The number of hydrogen-bond donors (Lipinski definition) is 0. The first kappa shape index (κ1) is 9.84. The lowest BCUT2D eigenvalue weighted by molar-refractivity contribution is 0.487. The van der Waals surface area contributed by atoms with E-state index in [0.29, 0.717) is 6.07 Å². The lowest BCUT2D eigenvalue weighted by atomic mass is 10.1. The van der Waals surface area contributed by atoms with Crippen molar-refractivity contribution >= 4 is 11.6 Å². The van der Waals surface area contributed by atoms with Gasteiger partial charge in [0.15, 0.2) is 11.6 Å². The van der Waals surface area contributed by atoms with Crippen LogP contribution < -0.4 is 0 Å². The molecule has 1 unspecified atom stereocenters. The van der Waals surface area contributed by atoms with E-state index >= 15 is 0 Å². The number of rotatable bonds is 2. The van der Waals surface area contributed by atoms with Crippen molar-refractivity contribution < 1.29 is 13.2 Å². The van der Waals surface area contributed by atoms with E-state index in [9.17, 15) is 13.2 Å². The molecule has 4 heteroatoms. The van der Waals surface area contributed by atoms with Crippen LogP contribution in [0.3, 0.4) is 0 Å². The van der Waals surface area contributed by atoms with Crippen molar-refractivity contribution in [1.29, 1.82) is 0 Å². The Morgan fingerprint density at radius 1 is 1.07 bits per heavy atom. The van der Waals surface area contributed by atoms with Crippen LogP contribution >= 0.6 is 11.6 Å². The maximum Gasteiger partial charge on any atom is 0.161 e. The summed E-state index contributed by atoms with van der Waals surface area (Å²) < 4.78 is 38.6. The van der Waals surface area contributed by atoms with Crippen LogP contribution in [0.25, 0.3) is 0 Å². The zero-order valence-corrected chi connectivity index (χ0v) is 7.99. The van der Waals surface area contributed by atoms with Crippen LogP contribution in [0.15, 0.2) is 12.1 Å². The number of alkyl halides is 1. The van der Waals surface area contributed by atoms with Gasteiger partial charge in [-0.1, -0.05) is 0 Å². The van der Waals surface area contributed by atoms with Crippen molar-refractivity contribution in [3.8, 4) is 0 Å². The second-order valence-corrected chi connectivity index (χ2v) is 4.00. The minimum absolute atomic E-state index is 0.0630. The zero-order chi connectivity index (χ0) is 10.3. The fourth-order valence-corrected chi connectivity index (χ4v) is 1.81. The van der Waals surface area contributed by atoms with Gasteiger partial charge < -0.3 is 0 Å². The fourth-order valence-electron chi connectivity index (χ4n) is 1.39. The van der Waals surface area contributed by atoms with Gasteiger partial charge in [0, 0.05) is 11.6 Å². The quantitative estimate of drug-likeness (QED) is 0.525. The SMILES string of the molecule is Fc1cc(F)c(C(Cl)C2CC2)cc1F. The van der Waals surface area contributed by atoms with E-state index in [4.69, 9.17) is 11.6 Å². The molecule has 1 aliphatic carbocycles. The maximum atomic E-state index is 13.2. The monoisotopic (exact) mass is 220 g/mol. The average molecular weight is 221 g/mol. The smallest absolute Gasteiger partial charge is 0.161 e. The molecule has 0 saturated heterocycles. The molecule has 2 rings (SSSR count). The summed E-state index contributed by atoms with van der Waals surface area (Å²) in [5.74, 6) is -2.79.